The highest BCUT2D eigenvalue weighted by Crippen LogP contribution is 2.78. The maximum Gasteiger partial charge on any atom is 0.440 e. The highest BCUT2D eigenvalue weighted by Gasteiger charge is 2.46. The van der Waals surface area contributed by atoms with Crippen LogP contribution in [0, 0.1) is 10.8 Å². The minimum Gasteiger partial charge on any atom is -0.316 e. The van der Waals surface area contributed by atoms with Gasteiger partial charge in [-0.1, -0.05) is 41.5 Å². The Kier molecular flexibility index (Phi) is 5.83. The Bertz CT molecular complexity index is 338. The molecule has 0 spiro atoms. The van der Waals surface area contributed by atoms with E-state index in [9.17, 15) is 9.13 Å². The van der Waals surface area contributed by atoms with Crippen molar-refractivity contribution in [1.29, 1.82) is 0 Å². The molecule has 8 heteroatoms. The minimum absolute atomic E-state index is 0.0560. The molecular weight excluding hydrogens is 278 g/mol. The lowest BCUT2D eigenvalue weighted by molar-refractivity contribution is 0.127. The van der Waals surface area contributed by atoms with Crippen LogP contribution in [0.2, 0.25) is 0 Å². The van der Waals surface area contributed by atoms with Crippen LogP contribution in [0.25, 0.3) is 0 Å². The molecule has 0 aromatic heterocycles. The summed E-state index contributed by atoms with van der Waals surface area (Å²) in [7, 11) is -9.38. The van der Waals surface area contributed by atoms with Crippen LogP contribution in [0.1, 0.15) is 41.5 Å². The van der Waals surface area contributed by atoms with Gasteiger partial charge in [0.05, 0.1) is 13.2 Å². The SMILES string of the molecule is CC(C)(C)COP(=O)(OCC(C)(C)C)P(=O)(O)O. The summed E-state index contributed by atoms with van der Waals surface area (Å²) < 4.78 is 33.2. The predicted octanol–water partition coefficient (Wildman–Crippen LogP) is 3.40. The Hall–Kier alpha value is 0.300. The lowest BCUT2D eigenvalue weighted by Gasteiger charge is -2.26. The number of hydrogen-bond acceptors (Lipinski definition) is 4. The van der Waals surface area contributed by atoms with Crippen LogP contribution in [0.4, 0.5) is 0 Å². The predicted molar refractivity (Wildman–Crippen MR) is 70.5 cm³/mol. The number of rotatable bonds is 5. The zero-order valence-corrected chi connectivity index (χ0v) is 13.6. The summed E-state index contributed by atoms with van der Waals surface area (Å²) in [6, 6.07) is 0. The maximum absolute atomic E-state index is 12.1. The van der Waals surface area contributed by atoms with Gasteiger partial charge in [-0.25, -0.2) is 9.13 Å². The highest BCUT2D eigenvalue weighted by molar-refractivity contribution is 8.26. The largest absolute Gasteiger partial charge is 0.440 e. The second-order valence-corrected chi connectivity index (χ2v) is 12.2. The van der Waals surface area contributed by atoms with Gasteiger partial charge in [0.2, 0.25) is 0 Å². The third kappa shape index (κ3) is 7.03. The second kappa shape index (κ2) is 5.74. The standard InChI is InChI=1S/C10H24O6P2/c1-9(2,3)7-15-18(14,17(11,12)13)16-8-10(4,5)6/h7-8H2,1-6H3,(H2,11,12,13). The summed E-state index contributed by atoms with van der Waals surface area (Å²) in [6.07, 6.45) is 0. The van der Waals surface area contributed by atoms with Crippen LogP contribution in [0.5, 0.6) is 0 Å². The zero-order chi connectivity index (χ0) is 14.8. The Morgan fingerprint density at radius 2 is 1.11 bits per heavy atom. The molecule has 6 nitrogen and oxygen atoms in total. The quantitative estimate of drug-likeness (QED) is 0.756. The summed E-state index contributed by atoms with van der Waals surface area (Å²) in [6.45, 7) is 10.7. The van der Waals surface area contributed by atoms with Crippen LogP contribution in [-0.4, -0.2) is 23.0 Å². The van der Waals surface area contributed by atoms with Crippen molar-refractivity contribution in [2.45, 2.75) is 41.5 Å². The first-order valence-electron chi connectivity index (χ1n) is 5.61. The summed E-state index contributed by atoms with van der Waals surface area (Å²) in [5, 5.41) is 0. The van der Waals surface area contributed by atoms with Crippen molar-refractivity contribution in [3.8, 4) is 0 Å². The van der Waals surface area contributed by atoms with E-state index < -0.39 is 14.6 Å². The van der Waals surface area contributed by atoms with E-state index in [-0.39, 0.29) is 24.0 Å². The van der Waals surface area contributed by atoms with E-state index in [4.69, 9.17) is 18.8 Å². The molecule has 0 fully saturated rings. The summed E-state index contributed by atoms with van der Waals surface area (Å²) in [5.74, 6) is 0. The van der Waals surface area contributed by atoms with Crippen LogP contribution in [0.3, 0.4) is 0 Å². The van der Waals surface area contributed by atoms with Crippen molar-refractivity contribution in [1.82, 2.24) is 0 Å². The molecule has 0 rings (SSSR count). The lowest BCUT2D eigenvalue weighted by atomic mass is 9.99. The van der Waals surface area contributed by atoms with Gasteiger partial charge in [0.1, 0.15) is 0 Å². The van der Waals surface area contributed by atoms with Crippen molar-refractivity contribution in [3.63, 3.8) is 0 Å². The van der Waals surface area contributed by atoms with Gasteiger partial charge in [0, 0.05) is 0 Å². The summed E-state index contributed by atoms with van der Waals surface area (Å²) in [4.78, 5) is 18.3. The zero-order valence-electron chi connectivity index (χ0n) is 11.8. The first kappa shape index (κ1) is 18.3. The van der Waals surface area contributed by atoms with Crippen molar-refractivity contribution in [2.75, 3.05) is 13.2 Å². The van der Waals surface area contributed by atoms with E-state index >= 15 is 0 Å². The second-order valence-electron chi connectivity index (χ2n) is 6.65. The summed E-state index contributed by atoms with van der Waals surface area (Å²) in [5.41, 5.74) is -0.730. The first-order chi connectivity index (χ1) is 7.66. The van der Waals surface area contributed by atoms with Crippen LogP contribution < -0.4 is 0 Å². The third-order valence-corrected chi connectivity index (χ3v) is 5.80. The molecule has 0 saturated heterocycles. The smallest absolute Gasteiger partial charge is 0.316 e. The first-order valence-corrected chi connectivity index (χ1v) is 9.48. The van der Waals surface area contributed by atoms with Gasteiger partial charge in [-0.3, -0.25) is 9.05 Å². The molecule has 110 valence electrons. The van der Waals surface area contributed by atoms with E-state index in [1.807, 2.05) is 0 Å². The Morgan fingerprint density at radius 3 is 1.28 bits per heavy atom. The molecule has 18 heavy (non-hydrogen) atoms. The molecule has 0 atom stereocenters. The molecule has 0 bridgehead atoms. The van der Waals surface area contributed by atoms with Gasteiger partial charge in [-0.05, 0) is 10.8 Å². The van der Waals surface area contributed by atoms with Gasteiger partial charge in [0.15, 0.2) is 0 Å². The molecule has 0 aliphatic rings. The monoisotopic (exact) mass is 302 g/mol. The fraction of sp³-hybridized carbons (Fsp3) is 1.00. The molecule has 0 aromatic carbocycles. The van der Waals surface area contributed by atoms with Gasteiger partial charge < -0.3 is 9.79 Å². The molecule has 2 N–H and O–H groups in total. The fourth-order valence-corrected chi connectivity index (χ4v) is 3.46. The molecule has 0 aromatic rings. The lowest BCUT2D eigenvalue weighted by Crippen LogP contribution is -2.17. The molecule has 0 amide bonds. The van der Waals surface area contributed by atoms with Gasteiger partial charge in [-0.15, -0.1) is 0 Å². The van der Waals surface area contributed by atoms with Crippen LogP contribution in [0.15, 0.2) is 0 Å². The Morgan fingerprint density at radius 1 is 0.833 bits per heavy atom. The topological polar surface area (TPSA) is 93.1 Å². The van der Waals surface area contributed by atoms with Crippen molar-refractivity contribution in [2.24, 2.45) is 10.8 Å². The van der Waals surface area contributed by atoms with E-state index in [0.717, 1.165) is 0 Å². The maximum atomic E-state index is 12.1. The normalized spacial score (nSPS) is 14.9. The van der Waals surface area contributed by atoms with Gasteiger partial charge in [-0.2, -0.15) is 0 Å². The Labute approximate surface area is 109 Å². The number of hydrogen-bond donors (Lipinski definition) is 2. The third-order valence-electron chi connectivity index (χ3n) is 1.64. The average molecular weight is 302 g/mol. The molecule has 0 heterocycles. The van der Waals surface area contributed by atoms with E-state index in [1.165, 1.54) is 0 Å². The molecule has 0 radical (unpaired) electrons. The fourth-order valence-electron chi connectivity index (χ4n) is 0.738. The van der Waals surface area contributed by atoms with Gasteiger partial charge in [0.25, 0.3) is 0 Å². The molecule has 0 saturated carbocycles. The van der Waals surface area contributed by atoms with Crippen molar-refractivity contribution < 1.29 is 28.0 Å². The van der Waals surface area contributed by atoms with Crippen LogP contribution >= 0.6 is 14.6 Å². The molecular formula is C10H24O6P2. The van der Waals surface area contributed by atoms with Crippen molar-refractivity contribution in [3.05, 3.63) is 0 Å². The van der Waals surface area contributed by atoms with Gasteiger partial charge >= 0.3 is 14.6 Å². The molecule has 0 aliphatic heterocycles. The van der Waals surface area contributed by atoms with E-state index in [0.29, 0.717) is 0 Å². The van der Waals surface area contributed by atoms with E-state index in [2.05, 4.69) is 0 Å². The summed E-state index contributed by atoms with van der Waals surface area (Å²) >= 11 is 0. The van der Waals surface area contributed by atoms with Crippen LogP contribution in [-0.2, 0) is 18.2 Å². The molecule has 0 unspecified atom stereocenters. The average Bonchev–Trinajstić information content (AvgIpc) is 2.07. The minimum atomic E-state index is -4.95. The van der Waals surface area contributed by atoms with E-state index in [1.54, 1.807) is 41.5 Å². The van der Waals surface area contributed by atoms with Crippen molar-refractivity contribution >= 4 is 14.6 Å². The highest BCUT2D eigenvalue weighted by atomic mass is 32.1. The molecule has 0 aliphatic carbocycles. The Balaban J connectivity index is 4.88.